The predicted octanol–water partition coefficient (Wildman–Crippen LogP) is 3.77. The molecular weight excluding hydrogens is 255 g/mol. The first kappa shape index (κ1) is 13.5. The van der Waals surface area contributed by atoms with Gasteiger partial charge in [-0.15, -0.1) is 0 Å². The molecule has 0 aliphatic heterocycles. The molecule has 20 heavy (non-hydrogen) atoms. The van der Waals surface area contributed by atoms with Crippen molar-refractivity contribution < 1.29 is 9.18 Å². The minimum atomic E-state index is -0.557. The van der Waals surface area contributed by atoms with Crippen LogP contribution in [0.2, 0.25) is 0 Å². The number of hydrogen-bond acceptors (Lipinski definition) is 2. The highest BCUT2D eigenvalue weighted by molar-refractivity contribution is 5.91. The lowest BCUT2D eigenvalue weighted by molar-refractivity contribution is -0.122. The fraction of sp³-hybridized carbons (Fsp3) is 0.625. The number of hydrogen-bond donors (Lipinski definition) is 1. The lowest BCUT2D eigenvalue weighted by atomic mass is 9.67. The van der Waals surface area contributed by atoms with Gasteiger partial charge in [0.15, 0.2) is 0 Å². The number of rotatable bonds is 2. The number of carbonyl (C=O) groups excluding carboxylic acids is 1. The molecular formula is C16H21FN2O. The van der Waals surface area contributed by atoms with Crippen molar-refractivity contribution in [2.24, 2.45) is 17.8 Å². The van der Waals surface area contributed by atoms with Gasteiger partial charge in [-0.3, -0.25) is 4.79 Å². The van der Waals surface area contributed by atoms with Gasteiger partial charge in [-0.2, -0.15) is 4.39 Å². The number of pyridine rings is 1. The molecule has 1 heterocycles. The van der Waals surface area contributed by atoms with E-state index in [1.54, 1.807) is 12.1 Å². The fourth-order valence-electron chi connectivity index (χ4n) is 3.82. The van der Waals surface area contributed by atoms with E-state index in [4.69, 9.17) is 0 Å². The molecule has 1 N–H and O–H groups in total. The molecule has 0 saturated heterocycles. The van der Waals surface area contributed by atoms with Gasteiger partial charge >= 0.3 is 0 Å². The summed E-state index contributed by atoms with van der Waals surface area (Å²) < 4.78 is 13.0. The van der Waals surface area contributed by atoms with Gasteiger partial charge in [-0.1, -0.05) is 31.7 Å². The van der Waals surface area contributed by atoms with Gasteiger partial charge in [0.25, 0.3) is 0 Å². The number of nitrogens with one attached hydrogen (secondary N) is 1. The molecule has 3 rings (SSSR count). The van der Waals surface area contributed by atoms with Crippen LogP contribution >= 0.6 is 0 Å². The first-order valence-corrected chi connectivity index (χ1v) is 7.66. The minimum absolute atomic E-state index is 0.00660. The minimum Gasteiger partial charge on any atom is -0.310 e. The van der Waals surface area contributed by atoms with Crippen molar-refractivity contribution in [2.45, 2.75) is 44.9 Å². The Bertz CT molecular complexity index is 491. The Balaban J connectivity index is 1.60. The van der Waals surface area contributed by atoms with Crippen molar-refractivity contribution in [1.29, 1.82) is 0 Å². The van der Waals surface area contributed by atoms with E-state index in [9.17, 15) is 9.18 Å². The quantitative estimate of drug-likeness (QED) is 0.835. The Hall–Kier alpha value is -1.45. The normalized spacial score (nSPS) is 29.6. The zero-order valence-corrected chi connectivity index (χ0v) is 11.6. The largest absolute Gasteiger partial charge is 0.310 e. The summed E-state index contributed by atoms with van der Waals surface area (Å²) in [5, 5.41) is 2.76. The second-order valence-electron chi connectivity index (χ2n) is 6.15. The summed E-state index contributed by atoms with van der Waals surface area (Å²) in [5.41, 5.74) is 0. The fourth-order valence-corrected chi connectivity index (χ4v) is 3.82. The summed E-state index contributed by atoms with van der Waals surface area (Å²) in [6, 6.07) is 4.48. The van der Waals surface area contributed by atoms with E-state index in [0.717, 1.165) is 18.8 Å². The second-order valence-corrected chi connectivity index (χ2v) is 6.15. The van der Waals surface area contributed by atoms with E-state index >= 15 is 0 Å². The summed E-state index contributed by atoms with van der Waals surface area (Å²) in [6.07, 6.45) is 8.39. The first-order valence-electron chi connectivity index (χ1n) is 7.66. The van der Waals surface area contributed by atoms with Gasteiger partial charge in [0.05, 0.1) is 0 Å². The van der Waals surface area contributed by atoms with Crippen LogP contribution in [-0.2, 0) is 4.79 Å². The van der Waals surface area contributed by atoms with Crippen molar-refractivity contribution in [3.05, 3.63) is 24.1 Å². The maximum absolute atomic E-state index is 13.0. The molecule has 1 amide bonds. The third kappa shape index (κ3) is 3.00. The van der Waals surface area contributed by atoms with Crippen molar-refractivity contribution in [3.63, 3.8) is 0 Å². The van der Waals surface area contributed by atoms with Gasteiger partial charge in [0.2, 0.25) is 11.9 Å². The smallest absolute Gasteiger partial charge is 0.228 e. The highest BCUT2D eigenvalue weighted by Gasteiger charge is 2.35. The average Bonchev–Trinajstić information content (AvgIpc) is 2.47. The van der Waals surface area contributed by atoms with Crippen LogP contribution in [0.1, 0.15) is 44.9 Å². The van der Waals surface area contributed by atoms with Crippen molar-refractivity contribution >= 4 is 11.7 Å². The van der Waals surface area contributed by atoms with Crippen LogP contribution in [0.25, 0.3) is 0 Å². The van der Waals surface area contributed by atoms with Crippen LogP contribution in [-0.4, -0.2) is 10.9 Å². The van der Waals surface area contributed by atoms with Crippen molar-refractivity contribution in [3.8, 4) is 0 Å². The third-order valence-corrected chi connectivity index (χ3v) is 4.88. The number of nitrogens with zero attached hydrogens (tertiary/aromatic N) is 1. The van der Waals surface area contributed by atoms with E-state index < -0.39 is 5.95 Å². The van der Waals surface area contributed by atoms with Gasteiger partial charge in [0, 0.05) is 5.92 Å². The first-order chi connectivity index (χ1) is 9.72. The Morgan fingerprint density at radius 2 is 1.95 bits per heavy atom. The summed E-state index contributed by atoms with van der Waals surface area (Å²) in [4.78, 5) is 16.0. The SMILES string of the molecule is O=C(Nc1cccc(F)n1)C1CCC2CCCCC2C1. The molecule has 2 aliphatic carbocycles. The van der Waals surface area contributed by atoms with E-state index in [1.807, 2.05) is 0 Å². The van der Waals surface area contributed by atoms with E-state index in [-0.39, 0.29) is 11.8 Å². The number of anilines is 1. The summed E-state index contributed by atoms with van der Waals surface area (Å²) in [6.45, 7) is 0. The molecule has 1 aromatic rings. The molecule has 1 aromatic heterocycles. The molecule has 3 unspecified atom stereocenters. The average molecular weight is 276 g/mol. The zero-order chi connectivity index (χ0) is 13.9. The van der Waals surface area contributed by atoms with Crippen LogP contribution in [0.15, 0.2) is 18.2 Å². The zero-order valence-electron chi connectivity index (χ0n) is 11.6. The lowest BCUT2D eigenvalue weighted by Crippen LogP contribution is -2.34. The number of aromatic nitrogens is 1. The van der Waals surface area contributed by atoms with E-state index in [1.165, 1.54) is 38.2 Å². The highest BCUT2D eigenvalue weighted by atomic mass is 19.1. The van der Waals surface area contributed by atoms with Gasteiger partial charge < -0.3 is 5.32 Å². The topological polar surface area (TPSA) is 42.0 Å². The van der Waals surface area contributed by atoms with Crippen molar-refractivity contribution in [2.75, 3.05) is 5.32 Å². The molecule has 108 valence electrons. The Kier molecular flexibility index (Phi) is 3.99. The molecule has 0 aromatic carbocycles. The molecule has 3 atom stereocenters. The van der Waals surface area contributed by atoms with Crippen molar-refractivity contribution in [1.82, 2.24) is 4.98 Å². The summed E-state index contributed by atoms with van der Waals surface area (Å²) in [5.74, 6) is 1.39. The number of halogens is 1. The third-order valence-electron chi connectivity index (χ3n) is 4.88. The van der Waals surface area contributed by atoms with Crippen LogP contribution < -0.4 is 5.32 Å². The molecule has 3 nitrogen and oxygen atoms in total. The van der Waals surface area contributed by atoms with Gasteiger partial charge in [0.1, 0.15) is 5.82 Å². The standard InChI is InChI=1S/C16H21FN2O/c17-14-6-3-7-15(18-14)19-16(20)13-9-8-11-4-1-2-5-12(11)10-13/h3,6-7,11-13H,1-2,4-5,8-10H2,(H,18,19,20). The van der Waals surface area contributed by atoms with Crippen LogP contribution in [0.3, 0.4) is 0 Å². The Labute approximate surface area is 119 Å². The van der Waals surface area contributed by atoms with Crippen LogP contribution in [0.4, 0.5) is 10.2 Å². The van der Waals surface area contributed by atoms with Gasteiger partial charge in [-0.05, 0) is 43.2 Å². The van der Waals surface area contributed by atoms with Crippen LogP contribution in [0.5, 0.6) is 0 Å². The van der Waals surface area contributed by atoms with Gasteiger partial charge in [-0.25, -0.2) is 4.98 Å². The second kappa shape index (κ2) is 5.90. The summed E-state index contributed by atoms with van der Waals surface area (Å²) >= 11 is 0. The maximum Gasteiger partial charge on any atom is 0.228 e. The van der Waals surface area contributed by atoms with E-state index in [0.29, 0.717) is 11.7 Å². The lowest BCUT2D eigenvalue weighted by Gasteiger charge is -2.38. The van der Waals surface area contributed by atoms with E-state index in [2.05, 4.69) is 10.3 Å². The Morgan fingerprint density at radius 3 is 2.75 bits per heavy atom. The molecule has 0 spiro atoms. The number of fused-ring (bicyclic) bond motifs is 1. The number of amides is 1. The number of carbonyl (C=O) groups is 1. The molecule has 0 bridgehead atoms. The molecule has 4 heteroatoms. The molecule has 2 saturated carbocycles. The molecule has 0 radical (unpaired) electrons. The highest BCUT2D eigenvalue weighted by Crippen LogP contribution is 2.42. The molecule has 2 fully saturated rings. The molecule has 2 aliphatic rings. The monoisotopic (exact) mass is 276 g/mol. The van der Waals surface area contributed by atoms with Crippen LogP contribution in [0, 0.1) is 23.7 Å². The maximum atomic E-state index is 13.0. The summed E-state index contributed by atoms with van der Waals surface area (Å²) in [7, 11) is 0. The predicted molar refractivity (Wildman–Crippen MR) is 75.6 cm³/mol. The Morgan fingerprint density at radius 1 is 1.15 bits per heavy atom.